The second kappa shape index (κ2) is 4.69. The number of fused-ring (bicyclic) bond motifs is 2. The lowest BCUT2D eigenvalue weighted by Crippen LogP contribution is -2.53. The number of para-hydroxylation sites is 1. The van der Waals surface area contributed by atoms with Gasteiger partial charge in [-0.25, -0.2) is 4.98 Å². The molecular weight excluding hydrogens is 278 g/mol. The third-order valence-electron chi connectivity index (χ3n) is 4.19. The summed E-state index contributed by atoms with van der Waals surface area (Å²) in [6, 6.07) is 11.6. The molecule has 0 fully saturated rings. The van der Waals surface area contributed by atoms with Gasteiger partial charge in [-0.15, -0.1) is 0 Å². The normalized spacial score (nSPS) is 13.5. The number of phenolic OH excluding ortho intramolecular Hbond substituents is 1. The van der Waals surface area contributed by atoms with Crippen LogP contribution in [0.3, 0.4) is 0 Å². The molecule has 0 saturated heterocycles. The van der Waals surface area contributed by atoms with Crippen LogP contribution in [0.2, 0.25) is 0 Å². The molecule has 1 aromatic heterocycles. The molecule has 0 radical (unpaired) electrons. The lowest BCUT2D eigenvalue weighted by molar-refractivity contribution is -0.385. The number of rotatable bonds is 2. The first-order chi connectivity index (χ1) is 10.7. The summed E-state index contributed by atoms with van der Waals surface area (Å²) in [5.41, 5.74) is 9.02. The van der Waals surface area contributed by atoms with Crippen molar-refractivity contribution in [3.05, 3.63) is 48.2 Å². The van der Waals surface area contributed by atoms with Crippen LogP contribution in [-0.4, -0.2) is 16.8 Å². The van der Waals surface area contributed by atoms with E-state index in [1.54, 1.807) is 6.07 Å². The van der Waals surface area contributed by atoms with Gasteiger partial charge in [-0.1, -0.05) is 18.2 Å². The fourth-order valence-electron chi connectivity index (χ4n) is 3.14. The van der Waals surface area contributed by atoms with Crippen molar-refractivity contribution in [1.82, 2.24) is 0 Å². The number of quaternary nitrogens is 1. The number of benzene rings is 2. The van der Waals surface area contributed by atoms with Crippen LogP contribution in [0.5, 0.6) is 5.75 Å². The van der Waals surface area contributed by atoms with E-state index in [-0.39, 0.29) is 5.75 Å². The van der Waals surface area contributed by atoms with E-state index in [2.05, 4.69) is 16.0 Å². The van der Waals surface area contributed by atoms with Crippen molar-refractivity contribution in [1.29, 1.82) is 0 Å². The summed E-state index contributed by atoms with van der Waals surface area (Å²) in [6.07, 6.45) is 1.09. The Hall–Kier alpha value is -2.63. The number of H-pyrrole nitrogens is 1. The minimum atomic E-state index is -0.726. The minimum Gasteiger partial charge on any atom is -0.502 e. The Morgan fingerprint density at radius 1 is 1.18 bits per heavy atom. The van der Waals surface area contributed by atoms with Crippen LogP contribution in [-0.2, 0) is 0 Å². The fourth-order valence-corrected chi connectivity index (χ4v) is 3.14. The third kappa shape index (κ3) is 1.70. The maximum atomic E-state index is 10.3. The summed E-state index contributed by atoms with van der Waals surface area (Å²) in [4.78, 5) is 3.10. The highest BCUT2D eigenvalue weighted by molar-refractivity contribution is 6.11. The predicted octanol–water partition coefficient (Wildman–Crippen LogP) is 1.36. The van der Waals surface area contributed by atoms with Gasteiger partial charge in [0.25, 0.3) is 5.52 Å². The zero-order chi connectivity index (χ0) is 15.3. The number of phenols is 1. The molecular formula is C17H17N3O2+2. The standard InChI is InChI=1S/C17H15N3O2/c18-8-14(22)11-7-13(21)17-15-10(5-6-19-17)9-3-1-2-4-12(9)20-16(11)15/h1-7,14,20-22H,8,18H2/p+2. The van der Waals surface area contributed by atoms with Gasteiger partial charge in [0, 0.05) is 28.4 Å². The second-order valence-electron chi connectivity index (χ2n) is 5.48. The molecule has 2 heterocycles. The summed E-state index contributed by atoms with van der Waals surface area (Å²) < 4.78 is 0. The van der Waals surface area contributed by atoms with Crippen molar-refractivity contribution in [2.75, 3.05) is 11.9 Å². The van der Waals surface area contributed by atoms with Crippen LogP contribution >= 0.6 is 0 Å². The Kier molecular flexibility index (Phi) is 2.79. The summed E-state index contributed by atoms with van der Waals surface area (Å²) in [5, 5.41) is 24.9. The highest BCUT2D eigenvalue weighted by atomic mass is 16.3. The summed E-state index contributed by atoms with van der Waals surface area (Å²) in [5.74, 6) is 0.129. The smallest absolute Gasteiger partial charge is 0.255 e. The Bertz CT molecular complexity index is 892. The zero-order valence-electron chi connectivity index (χ0n) is 11.9. The summed E-state index contributed by atoms with van der Waals surface area (Å²) in [6.45, 7) is 0.340. The van der Waals surface area contributed by atoms with E-state index < -0.39 is 6.10 Å². The maximum Gasteiger partial charge on any atom is 0.255 e. The number of hydrogen-bond acceptors (Lipinski definition) is 3. The summed E-state index contributed by atoms with van der Waals surface area (Å²) in [7, 11) is 0. The van der Waals surface area contributed by atoms with Gasteiger partial charge in [-0.2, -0.15) is 0 Å². The molecule has 0 spiro atoms. The third-order valence-corrected chi connectivity index (χ3v) is 4.19. The molecule has 5 nitrogen and oxygen atoms in total. The molecule has 2 aromatic carbocycles. The van der Waals surface area contributed by atoms with Crippen LogP contribution in [0.25, 0.3) is 22.0 Å². The quantitative estimate of drug-likeness (QED) is 0.421. The van der Waals surface area contributed by atoms with E-state index in [1.807, 2.05) is 36.5 Å². The molecule has 7 N–H and O–H groups in total. The maximum absolute atomic E-state index is 10.3. The predicted molar refractivity (Wildman–Crippen MR) is 83.6 cm³/mol. The molecule has 0 aliphatic carbocycles. The van der Waals surface area contributed by atoms with Crippen molar-refractivity contribution in [3.63, 3.8) is 0 Å². The fraction of sp³-hybridized carbons (Fsp3) is 0.118. The topological polar surface area (TPSA) is 94.3 Å². The highest BCUT2D eigenvalue weighted by Crippen LogP contribution is 2.47. The number of hydrogen-bond donors (Lipinski definition) is 4. The highest BCUT2D eigenvalue weighted by Gasteiger charge is 2.27. The van der Waals surface area contributed by atoms with Gasteiger partial charge in [0.15, 0.2) is 11.9 Å². The van der Waals surface area contributed by atoms with Gasteiger partial charge in [-0.3, -0.25) is 0 Å². The number of anilines is 2. The van der Waals surface area contributed by atoms with Crippen LogP contribution in [0.15, 0.2) is 42.6 Å². The lowest BCUT2D eigenvalue weighted by Gasteiger charge is -2.24. The molecule has 110 valence electrons. The molecule has 4 rings (SSSR count). The first kappa shape index (κ1) is 13.1. The number of aliphatic hydroxyl groups excluding tert-OH is 1. The Morgan fingerprint density at radius 2 is 2.00 bits per heavy atom. The van der Waals surface area contributed by atoms with Crippen molar-refractivity contribution < 1.29 is 20.9 Å². The molecule has 1 aliphatic rings. The van der Waals surface area contributed by atoms with Crippen LogP contribution in [0.1, 0.15) is 11.7 Å². The Morgan fingerprint density at radius 3 is 2.82 bits per heavy atom. The molecule has 1 unspecified atom stereocenters. The zero-order valence-corrected chi connectivity index (χ0v) is 11.9. The molecule has 3 aromatic rings. The van der Waals surface area contributed by atoms with Gasteiger partial charge in [0.1, 0.15) is 12.6 Å². The summed E-state index contributed by atoms with van der Waals surface area (Å²) >= 11 is 0. The second-order valence-corrected chi connectivity index (χ2v) is 5.48. The van der Waals surface area contributed by atoms with Crippen LogP contribution in [0, 0.1) is 0 Å². The first-order valence-corrected chi connectivity index (χ1v) is 7.24. The molecule has 1 aliphatic heterocycles. The van der Waals surface area contributed by atoms with Gasteiger partial charge >= 0.3 is 0 Å². The lowest BCUT2D eigenvalue weighted by atomic mass is 9.91. The average molecular weight is 295 g/mol. The van der Waals surface area contributed by atoms with Crippen LogP contribution < -0.4 is 16.0 Å². The van der Waals surface area contributed by atoms with E-state index in [0.717, 1.165) is 27.9 Å². The first-order valence-electron chi connectivity index (χ1n) is 7.24. The number of aromatic amines is 1. The van der Waals surface area contributed by atoms with Crippen molar-refractivity contribution in [2.24, 2.45) is 0 Å². The van der Waals surface area contributed by atoms with Crippen molar-refractivity contribution >= 4 is 22.3 Å². The van der Waals surface area contributed by atoms with E-state index in [0.29, 0.717) is 17.6 Å². The molecule has 1 atom stereocenters. The molecule has 0 bridgehead atoms. The molecule has 0 saturated carbocycles. The van der Waals surface area contributed by atoms with Gasteiger partial charge in [0.2, 0.25) is 0 Å². The SMILES string of the molecule is [NH3+]CC(O)c1cc(O)c2[nH+]ccc3c2c1Nc1ccccc1-3. The minimum absolute atomic E-state index is 0.129. The number of aromatic hydroxyl groups is 1. The number of pyridine rings is 1. The van der Waals surface area contributed by atoms with Crippen molar-refractivity contribution in [3.8, 4) is 16.9 Å². The van der Waals surface area contributed by atoms with Crippen molar-refractivity contribution in [2.45, 2.75) is 6.10 Å². The average Bonchev–Trinajstić information content (AvgIpc) is 2.57. The van der Waals surface area contributed by atoms with Crippen LogP contribution in [0.4, 0.5) is 11.4 Å². The monoisotopic (exact) mass is 295 g/mol. The number of aliphatic hydroxyl groups is 1. The number of nitrogens with one attached hydrogen (secondary N) is 2. The number of aromatic nitrogens is 1. The van der Waals surface area contributed by atoms with E-state index in [4.69, 9.17) is 0 Å². The van der Waals surface area contributed by atoms with Gasteiger partial charge < -0.3 is 21.3 Å². The van der Waals surface area contributed by atoms with Gasteiger partial charge in [-0.05, 0) is 12.1 Å². The molecule has 5 heteroatoms. The molecule has 22 heavy (non-hydrogen) atoms. The Balaban J connectivity index is 2.15. The Labute approximate surface area is 127 Å². The van der Waals surface area contributed by atoms with E-state index in [1.165, 1.54) is 0 Å². The van der Waals surface area contributed by atoms with Gasteiger partial charge in [0.05, 0.1) is 11.1 Å². The molecule has 0 amide bonds. The van der Waals surface area contributed by atoms with E-state index >= 15 is 0 Å². The largest absolute Gasteiger partial charge is 0.502 e. The van der Waals surface area contributed by atoms with E-state index in [9.17, 15) is 10.2 Å².